The molecule has 0 spiro atoms. The molecule has 0 aliphatic carbocycles. The van der Waals surface area contributed by atoms with Crippen molar-refractivity contribution in [1.82, 2.24) is 18.3 Å². The SMILES string of the molecule is Cc1cc(-c2ccc3ncc(S(=O)(=O)N4CCC[C@H]4C)n3c2)cn(C)c1=O. The highest BCUT2D eigenvalue weighted by atomic mass is 32.2. The number of aromatic nitrogens is 3. The Balaban J connectivity index is 1.86. The van der Waals surface area contributed by atoms with Crippen molar-refractivity contribution in [2.45, 2.75) is 37.8 Å². The largest absolute Gasteiger partial charge is 0.318 e. The molecular formula is C19H22N4O3S. The van der Waals surface area contributed by atoms with Crippen molar-refractivity contribution in [3.8, 4) is 11.1 Å². The fourth-order valence-corrected chi connectivity index (χ4v) is 5.51. The first kappa shape index (κ1) is 17.9. The average molecular weight is 386 g/mol. The lowest BCUT2D eigenvalue weighted by Gasteiger charge is -2.20. The average Bonchev–Trinajstić information content (AvgIpc) is 3.25. The van der Waals surface area contributed by atoms with Gasteiger partial charge in [0.1, 0.15) is 5.65 Å². The number of aryl methyl sites for hydroxylation is 2. The lowest BCUT2D eigenvalue weighted by Crippen LogP contribution is -2.34. The number of nitrogens with zero attached hydrogens (tertiary/aromatic N) is 4. The third kappa shape index (κ3) is 2.89. The molecule has 27 heavy (non-hydrogen) atoms. The fourth-order valence-electron chi connectivity index (χ4n) is 3.74. The number of pyridine rings is 2. The van der Waals surface area contributed by atoms with Gasteiger partial charge in [-0.2, -0.15) is 4.31 Å². The first-order valence-corrected chi connectivity index (χ1v) is 10.4. The zero-order chi connectivity index (χ0) is 19.3. The monoisotopic (exact) mass is 386 g/mol. The minimum Gasteiger partial charge on any atom is -0.318 e. The van der Waals surface area contributed by atoms with Crippen LogP contribution >= 0.6 is 0 Å². The van der Waals surface area contributed by atoms with E-state index in [9.17, 15) is 13.2 Å². The Morgan fingerprint density at radius 3 is 2.63 bits per heavy atom. The van der Waals surface area contributed by atoms with Crippen molar-refractivity contribution in [3.63, 3.8) is 0 Å². The van der Waals surface area contributed by atoms with E-state index < -0.39 is 10.0 Å². The van der Waals surface area contributed by atoms with Crippen LogP contribution in [0.4, 0.5) is 0 Å². The third-order valence-electron chi connectivity index (χ3n) is 5.23. The molecule has 1 aliphatic rings. The Morgan fingerprint density at radius 1 is 1.19 bits per heavy atom. The lowest BCUT2D eigenvalue weighted by molar-refractivity contribution is 0.406. The van der Waals surface area contributed by atoms with Crippen LogP contribution in [0.5, 0.6) is 0 Å². The van der Waals surface area contributed by atoms with Gasteiger partial charge in [-0.25, -0.2) is 13.4 Å². The zero-order valence-electron chi connectivity index (χ0n) is 15.6. The Morgan fingerprint density at radius 2 is 1.96 bits per heavy atom. The molecule has 0 bridgehead atoms. The number of hydrogen-bond donors (Lipinski definition) is 0. The highest BCUT2D eigenvalue weighted by Crippen LogP contribution is 2.27. The molecule has 1 atom stereocenters. The van der Waals surface area contributed by atoms with Gasteiger partial charge < -0.3 is 4.57 Å². The maximum Gasteiger partial charge on any atom is 0.260 e. The van der Waals surface area contributed by atoms with Crippen molar-refractivity contribution in [1.29, 1.82) is 0 Å². The maximum absolute atomic E-state index is 13.1. The molecule has 0 radical (unpaired) electrons. The van der Waals surface area contributed by atoms with Crippen molar-refractivity contribution in [2.75, 3.05) is 6.54 Å². The highest BCUT2D eigenvalue weighted by Gasteiger charge is 2.34. The van der Waals surface area contributed by atoms with E-state index in [2.05, 4.69) is 4.98 Å². The number of fused-ring (bicyclic) bond motifs is 1. The molecule has 142 valence electrons. The maximum atomic E-state index is 13.1. The quantitative estimate of drug-likeness (QED) is 0.691. The van der Waals surface area contributed by atoms with Crippen LogP contribution in [-0.2, 0) is 17.1 Å². The smallest absolute Gasteiger partial charge is 0.260 e. The molecule has 0 aromatic carbocycles. The Kier molecular flexibility index (Phi) is 4.20. The summed E-state index contributed by atoms with van der Waals surface area (Å²) in [5.41, 5.74) is 2.84. The van der Waals surface area contributed by atoms with Gasteiger partial charge in [-0.3, -0.25) is 9.20 Å². The molecule has 1 fully saturated rings. The van der Waals surface area contributed by atoms with Gasteiger partial charge in [0, 0.05) is 37.6 Å². The second kappa shape index (κ2) is 6.31. The molecule has 3 aromatic rings. The first-order valence-electron chi connectivity index (χ1n) is 8.95. The zero-order valence-corrected chi connectivity index (χ0v) is 16.4. The number of sulfonamides is 1. The van der Waals surface area contributed by atoms with Gasteiger partial charge in [0.05, 0.1) is 6.20 Å². The Labute approximate surface area is 157 Å². The normalized spacial score (nSPS) is 18.4. The summed E-state index contributed by atoms with van der Waals surface area (Å²) in [4.78, 5) is 16.2. The molecule has 1 aliphatic heterocycles. The van der Waals surface area contributed by atoms with Gasteiger partial charge in [-0.1, -0.05) is 0 Å². The summed E-state index contributed by atoms with van der Waals surface area (Å²) < 4.78 is 31.0. The van der Waals surface area contributed by atoms with E-state index in [-0.39, 0.29) is 16.6 Å². The Bertz CT molecular complexity index is 1170. The second-order valence-corrected chi connectivity index (χ2v) is 9.01. The first-order chi connectivity index (χ1) is 12.8. The second-order valence-electron chi connectivity index (χ2n) is 7.18. The van der Waals surface area contributed by atoms with Crippen LogP contribution in [0, 0.1) is 6.92 Å². The number of hydrogen-bond acceptors (Lipinski definition) is 4. The standard InChI is InChI=1S/C19H22N4O3S/c1-13-9-16(11-21(3)19(13)24)15-6-7-17-20-10-18(22(17)12-15)27(25,26)23-8-4-5-14(23)2/h6-7,9-12,14H,4-5,8H2,1-3H3/t14-/m1/s1. The fraction of sp³-hybridized carbons (Fsp3) is 0.368. The summed E-state index contributed by atoms with van der Waals surface area (Å²) in [6.07, 6.45) is 6.70. The van der Waals surface area contributed by atoms with E-state index in [1.165, 1.54) is 10.8 Å². The molecule has 1 saturated heterocycles. The van der Waals surface area contributed by atoms with E-state index >= 15 is 0 Å². The summed E-state index contributed by atoms with van der Waals surface area (Å²) in [7, 11) is -1.91. The van der Waals surface area contributed by atoms with E-state index in [1.54, 1.807) is 41.1 Å². The van der Waals surface area contributed by atoms with Gasteiger partial charge in [0.25, 0.3) is 15.6 Å². The molecule has 8 heteroatoms. The van der Waals surface area contributed by atoms with Gasteiger partial charge in [-0.05, 0) is 56.0 Å². The van der Waals surface area contributed by atoms with E-state index in [0.29, 0.717) is 17.8 Å². The Hall–Kier alpha value is -2.45. The molecule has 0 amide bonds. The summed E-state index contributed by atoms with van der Waals surface area (Å²) in [6, 6.07) is 5.49. The lowest BCUT2D eigenvalue weighted by atomic mass is 10.1. The van der Waals surface area contributed by atoms with Crippen molar-refractivity contribution in [2.24, 2.45) is 7.05 Å². The molecular weight excluding hydrogens is 364 g/mol. The van der Waals surface area contributed by atoms with Crippen LogP contribution < -0.4 is 5.56 Å². The summed E-state index contributed by atoms with van der Waals surface area (Å²) in [5.74, 6) is 0. The molecule has 4 rings (SSSR count). The number of imidazole rings is 1. The highest BCUT2D eigenvalue weighted by molar-refractivity contribution is 7.89. The van der Waals surface area contributed by atoms with Crippen LogP contribution in [0.2, 0.25) is 0 Å². The minimum absolute atomic E-state index is 0.00460. The topological polar surface area (TPSA) is 76.7 Å². The van der Waals surface area contributed by atoms with Crippen molar-refractivity contribution < 1.29 is 8.42 Å². The van der Waals surface area contributed by atoms with Gasteiger partial charge in [0.15, 0.2) is 5.03 Å². The molecule has 4 heterocycles. The number of rotatable bonds is 3. The molecule has 0 N–H and O–H groups in total. The van der Waals surface area contributed by atoms with Crippen molar-refractivity contribution in [3.05, 3.63) is 52.7 Å². The molecule has 0 saturated carbocycles. The molecule has 7 nitrogen and oxygen atoms in total. The van der Waals surface area contributed by atoms with Crippen LogP contribution in [0.3, 0.4) is 0 Å². The molecule has 3 aromatic heterocycles. The molecule has 0 unspecified atom stereocenters. The predicted octanol–water partition coefficient (Wildman–Crippen LogP) is 2.18. The van der Waals surface area contributed by atoms with Crippen molar-refractivity contribution >= 4 is 15.7 Å². The van der Waals surface area contributed by atoms with Crippen LogP contribution in [-0.4, -0.2) is 39.3 Å². The summed E-state index contributed by atoms with van der Waals surface area (Å²) in [6.45, 7) is 4.25. The van der Waals surface area contributed by atoms with Gasteiger partial charge in [-0.15, -0.1) is 0 Å². The van der Waals surface area contributed by atoms with E-state index in [1.807, 2.05) is 19.1 Å². The van der Waals surface area contributed by atoms with Crippen LogP contribution in [0.15, 0.2) is 46.6 Å². The van der Waals surface area contributed by atoms with E-state index in [0.717, 1.165) is 24.0 Å². The van der Waals surface area contributed by atoms with E-state index in [4.69, 9.17) is 0 Å². The van der Waals surface area contributed by atoms with Gasteiger partial charge >= 0.3 is 0 Å². The third-order valence-corrected chi connectivity index (χ3v) is 7.22. The summed E-state index contributed by atoms with van der Waals surface area (Å²) in [5, 5.41) is 0.176. The minimum atomic E-state index is -3.61. The van der Waals surface area contributed by atoms with Gasteiger partial charge in [0.2, 0.25) is 0 Å². The predicted molar refractivity (Wildman–Crippen MR) is 103 cm³/mol. The van der Waals surface area contributed by atoms with Crippen LogP contribution in [0.1, 0.15) is 25.3 Å². The summed E-state index contributed by atoms with van der Waals surface area (Å²) >= 11 is 0. The van der Waals surface area contributed by atoms with Crippen LogP contribution in [0.25, 0.3) is 16.8 Å².